The van der Waals surface area contributed by atoms with Gasteiger partial charge in [0, 0.05) is 52.6 Å². The Morgan fingerprint density at radius 3 is 0.750 bits per heavy atom. The Morgan fingerprint density at radius 2 is 0.607 bits per heavy atom. The molecule has 1 aliphatic heterocycles. The van der Waals surface area contributed by atoms with E-state index in [-0.39, 0.29) is 0 Å². The third kappa shape index (κ3) is 8.73. The Kier molecular flexibility index (Phi) is 11.2. The summed E-state index contributed by atoms with van der Waals surface area (Å²) < 4.78 is 50.1. The Hall–Kier alpha value is 0.548. The topological polar surface area (TPSA) is 73.8 Å². The van der Waals surface area contributed by atoms with Crippen LogP contribution in [-0.2, 0) is 34.2 Å². The first-order valence-corrected chi connectivity index (χ1v) is 19.3. The number of hydrogen-bond acceptors (Lipinski definition) is 8. The van der Waals surface area contributed by atoms with E-state index in [9.17, 15) is 0 Å². The normalized spacial score (nSPS) is 36.9. The van der Waals surface area contributed by atoms with Crippen molar-refractivity contribution in [2.24, 2.45) is 0 Å². The van der Waals surface area contributed by atoms with Crippen LogP contribution in [0.2, 0.25) is 26.2 Å². The smallest absolute Gasteiger partial charge is 0.375 e. The summed E-state index contributed by atoms with van der Waals surface area (Å²) in [6.45, 7) is 17.8. The third-order valence-electron chi connectivity index (χ3n) is 3.76. The van der Waals surface area contributed by atoms with Gasteiger partial charge < -0.3 is 34.2 Å². The maximum atomic E-state index is 6.44. The second kappa shape index (κ2) is 11.8. The SMILES string of the molecule is CCCO[Si]1(C)O[Si](C)(OCCC)O[Si](C)(OCCC)O[Si](C)(OCCC)O1. The van der Waals surface area contributed by atoms with Gasteiger partial charge in [0.25, 0.3) is 0 Å². The van der Waals surface area contributed by atoms with E-state index >= 15 is 0 Å². The molecule has 0 atom stereocenters. The summed E-state index contributed by atoms with van der Waals surface area (Å²) in [4.78, 5) is 0. The van der Waals surface area contributed by atoms with Crippen molar-refractivity contribution in [1.29, 1.82) is 0 Å². The Bertz CT molecular complexity index is 368. The molecule has 0 aromatic heterocycles. The fourth-order valence-electron chi connectivity index (χ4n) is 2.82. The van der Waals surface area contributed by atoms with Crippen LogP contribution in [-0.4, -0.2) is 61.6 Å². The highest BCUT2D eigenvalue weighted by molar-refractivity contribution is 6.87. The highest BCUT2D eigenvalue weighted by Gasteiger charge is 2.62. The summed E-state index contributed by atoms with van der Waals surface area (Å²) in [6, 6.07) is 0. The van der Waals surface area contributed by atoms with Gasteiger partial charge in [0.05, 0.1) is 0 Å². The van der Waals surface area contributed by atoms with Gasteiger partial charge in [-0.25, -0.2) is 0 Å². The van der Waals surface area contributed by atoms with Crippen LogP contribution in [0.4, 0.5) is 0 Å². The molecule has 1 heterocycles. The highest BCUT2D eigenvalue weighted by Crippen LogP contribution is 2.33. The van der Waals surface area contributed by atoms with E-state index < -0.39 is 35.2 Å². The fraction of sp³-hybridized carbons (Fsp3) is 1.00. The number of hydrogen-bond donors (Lipinski definition) is 0. The van der Waals surface area contributed by atoms with Crippen LogP contribution < -0.4 is 0 Å². The largest absolute Gasteiger partial charge is 0.482 e. The van der Waals surface area contributed by atoms with Crippen LogP contribution in [0.15, 0.2) is 0 Å². The van der Waals surface area contributed by atoms with Crippen molar-refractivity contribution in [2.75, 3.05) is 26.4 Å². The van der Waals surface area contributed by atoms with E-state index in [0.29, 0.717) is 26.4 Å². The van der Waals surface area contributed by atoms with Gasteiger partial charge in [-0.15, -0.1) is 0 Å². The molecule has 0 bridgehead atoms. The second-order valence-electron chi connectivity index (χ2n) is 7.25. The maximum Gasteiger partial charge on any atom is 0.482 e. The summed E-state index contributed by atoms with van der Waals surface area (Å²) in [5.74, 6) is 0. The molecule has 0 N–H and O–H groups in total. The Morgan fingerprint density at radius 1 is 0.429 bits per heavy atom. The lowest BCUT2D eigenvalue weighted by molar-refractivity contribution is 0.0228. The molecular weight excluding hydrogens is 433 g/mol. The summed E-state index contributed by atoms with van der Waals surface area (Å²) in [6.07, 6.45) is 3.41. The summed E-state index contributed by atoms with van der Waals surface area (Å²) >= 11 is 0. The summed E-state index contributed by atoms with van der Waals surface area (Å²) in [5, 5.41) is 0. The zero-order valence-corrected chi connectivity index (χ0v) is 22.9. The first kappa shape index (κ1) is 26.6. The standard InChI is InChI=1S/C16H40O8Si4/c1-9-13-17-25(5)21-26(6,18-14-10-2)23-28(8,20-16-12-4)24-27(7,22-25)19-15-11-3/h9-16H2,1-8H3. The molecule has 28 heavy (non-hydrogen) atoms. The molecule has 0 amide bonds. The molecule has 168 valence electrons. The van der Waals surface area contributed by atoms with E-state index in [1.807, 2.05) is 53.9 Å². The van der Waals surface area contributed by atoms with Crippen molar-refractivity contribution in [1.82, 2.24) is 0 Å². The zero-order chi connectivity index (χ0) is 21.3. The molecule has 0 saturated carbocycles. The molecule has 0 aromatic rings. The average molecular weight is 473 g/mol. The van der Waals surface area contributed by atoms with Gasteiger partial charge in [-0.2, -0.15) is 0 Å². The van der Waals surface area contributed by atoms with Gasteiger partial charge >= 0.3 is 35.2 Å². The van der Waals surface area contributed by atoms with Crippen LogP contribution in [0.25, 0.3) is 0 Å². The maximum absolute atomic E-state index is 6.44. The van der Waals surface area contributed by atoms with Crippen LogP contribution in [0.3, 0.4) is 0 Å². The van der Waals surface area contributed by atoms with Crippen LogP contribution >= 0.6 is 0 Å². The molecule has 1 fully saturated rings. The molecule has 0 aliphatic carbocycles. The zero-order valence-electron chi connectivity index (χ0n) is 18.9. The fourth-order valence-corrected chi connectivity index (χ4v) is 19.9. The van der Waals surface area contributed by atoms with Crippen molar-refractivity contribution in [3.63, 3.8) is 0 Å². The van der Waals surface area contributed by atoms with Gasteiger partial charge in [0.15, 0.2) is 0 Å². The van der Waals surface area contributed by atoms with Crippen molar-refractivity contribution in [3.8, 4) is 0 Å². The van der Waals surface area contributed by atoms with Gasteiger partial charge in [0.1, 0.15) is 0 Å². The van der Waals surface area contributed by atoms with Crippen LogP contribution in [0, 0.1) is 0 Å². The van der Waals surface area contributed by atoms with Crippen LogP contribution in [0.1, 0.15) is 53.4 Å². The van der Waals surface area contributed by atoms with E-state index in [1.54, 1.807) is 0 Å². The Labute approximate surface area is 175 Å². The van der Waals surface area contributed by atoms with Crippen molar-refractivity contribution in [2.45, 2.75) is 79.6 Å². The first-order chi connectivity index (χ1) is 13.1. The molecule has 1 saturated heterocycles. The lowest BCUT2D eigenvalue weighted by Crippen LogP contribution is -2.70. The number of rotatable bonds is 12. The monoisotopic (exact) mass is 472 g/mol. The molecule has 0 spiro atoms. The minimum Gasteiger partial charge on any atom is -0.375 e. The van der Waals surface area contributed by atoms with Crippen molar-refractivity contribution in [3.05, 3.63) is 0 Å². The second-order valence-corrected chi connectivity index (χ2v) is 18.6. The highest BCUT2D eigenvalue weighted by atomic mass is 28.6. The van der Waals surface area contributed by atoms with E-state index in [1.165, 1.54) is 0 Å². The third-order valence-corrected chi connectivity index (χ3v) is 18.5. The van der Waals surface area contributed by atoms with Crippen molar-refractivity contribution < 1.29 is 34.2 Å². The minimum atomic E-state index is -3.11. The lowest BCUT2D eigenvalue weighted by atomic mass is 10.5. The summed E-state index contributed by atoms with van der Waals surface area (Å²) in [5.41, 5.74) is 0. The van der Waals surface area contributed by atoms with Crippen LogP contribution in [0.5, 0.6) is 0 Å². The molecule has 8 nitrogen and oxygen atoms in total. The quantitative estimate of drug-likeness (QED) is 0.394. The molecule has 0 unspecified atom stereocenters. The average Bonchev–Trinajstić information content (AvgIpc) is 2.60. The van der Waals surface area contributed by atoms with Gasteiger partial charge in [-0.05, 0) is 25.7 Å². The Balaban J connectivity index is 3.24. The molecule has 0 radical (unpaired) electrons. The molecule has 12 heteroatoms. The van der Waals surface area contributed by atoms with Gasteiger partial charge in [0.2, 0.25) is 0 Å². The van der Waals surface area contributed by atoms with E-state index in [4.69, 9.17) is 34.2 Å². The minimum absolute atomic E-state index is 0.528. The van der Waals surface area contributed by atoms with E-state index in [2.05, 4.69) is 0 Å². The predicted molar refractivity (Wildman–Crippen MR) is 116 cm³/mol. The lowest BCUT2D eigenvalue weighted by Gasteiger charge is -2.46. The summed E-state index contributed by atoms with van der Waals surface area (Å²) in [7, 11) is -12.5. The first-order valence-electron chi connectivity index (χ1n) is 10.4. The molecule has 0 aromatic carbocycles. The predicted octanol–water partition coefficient (Wildman–Crippen LogP) is 4.05. The molecular formula is C16H40O8Si4. The molecule has 1 rings (SSSR count). The van der Waals surface area contributed by atoms with Gasteiger partial charge in [-0.1, -0.05) is 27.7 Å². The van der Waals surface area contributed by atoms with E-state index in [0.717, 1.165) is 25.7 Å². The van der Waals surface area contributed by atoms with Gasteiger partial charge in [-0.3, -0.25) is 0 Å². The molecule has 1 aliphatic rings. The van der Waals surface area contributed by atoms with Crippen molar-refractivity contribution >= 4 is 35.2 Å².